The lowest BCUT2D eigenvalue weighted by Crippen LogP contribution is -2.26. The van der Waals surface area contributed by atoms with Gasteiger partial charge in [0.15, 0.2) is 5.82 Å². The summed E-state index contributed by atoms with van der Waals surface area (Å²) >= 11 is 0. The number of hydrogen-bond acceptors (Lipinski definition) is 6. The van der Waals surface area contributed by atoms with Gasteiger partial charge in [-0.05, 0) is 60.9 Å². The number of hydrogen-bond donors (Lipinski definition) is 3. The largest absolute Gasteiger partial charge is 0.382 e. The Hall–Kier alpha value is -4.09. The van der Waals surface area contributed by atoms with Gasteiger partial charge in [0.1, 0.15) is 23.5 Å². The molecule has 1 saturated heterocycles. The Morgan fingerprint density at radius 2 is 1.95 bits per heavy atom. The van der Waals surface area contributed by atoms with Crippen molar-refractivity contribution in [1.29, 1.82) is 0 Å². The lowest BCUT2D eigenvalue weighted by atomic mass is 10.1. The predicted octanol–water partition coefficient (Wildman–Crippen LogP) is 4.43. The molecule has 4 N–H and O–H groups in total. The molecular weight excluding hydrogens is 480 g/mol. The Bertz CT molecular complexity index is 1450. The fourth-order valence-corrected chi connectivity index (χ4v) is 4.44. The lowest BCUT2D eigenvalue weighted by molar-refractivity contribution is 0.140. The molecule has 0 radical (unpaired) electrons. The highest BCUT2D eigenvalue weighted by atomic mass is 19.1. The van der Waals surface area contributed by atoms with Crippen LogP contribution in [0.15, 0.2) is 48.8 Å². The van der Waals surface area contributed by atoms with Gasteiger partial charge >= 0.3 is 6.03 Å². The molecule has 2 amide bonds. The van der Waals surface area contributed by atoms with E-state index >= 15 is 4.39 Å². The van der Waals surface area contributed by atoms with E-state index < -0.39 is 11.8 Å². The Labute approximate surface area is 212 Å². The molecule has 0 bridgehead atoms. The first-order chi connectivity index (χ1) is 17.9. The average molecular weight is 508 g/mol. The van der Waals surface area contributed by atoms with Gasteiger partial charge in [0, 0.05) is 37.5 Å². The van der Waals surface area contributed by atoms with Crippen LogP contribution in [0.2, 0.25) is 0 Å². The fourth-order valence-electron chi connectivity index (χ4n) is 4.44. The summed E-state index contributed by atoms with van der Waals surface area (Å²) in [6.45, 7) is 5.34. The van der Waals surface area contributed by atoms with Gasteiger partial charge in [-0.3, -0.25) is 4.90 Å². The summed E-state index contributed by atoms with van der Waals surface area (Å²) < 4.78 is 35.9. The first-order valence-electron chi connectivity index (χ1n) is 11.9. The number of halogens is 2. The maximum atomic E-state index is 15.1. The molecule has 11 heteroatoms. The molecule has 192 valence electrons. The number of aromatic nitrogens is 3. The maximum absolute atomic E-state index is 15.1. The molecule has 0 unspecified atom stereocenters. The van der Waals surface area contributed by atoms with Crippen molar-refractivity contribution in [2.75, 3.05) is 42.7 Å². The van der Waals surface area contributed by atoms with Gasteiger partial charge in [-0.2, -0.15) is 5.10 Å². The summed E-state index contributed by atoms with van der Waals surface area (Å²) in [4.78, 5) is 18.8. The smallest absolute Gasteiger partial charge is 0.323 e. The molecule has 0 aliphatic carbocycles. The van der Waals surface area contributed by atoms with Crippen molar-refractivity contribution in [2.45, 2.75) is 19.9 Å². The van der Waals surface area contributed by atoms with Gasteiger partial charge in [-0.25, -0.2) is 23.1 Å². The number of rotatable bonds is 5. The zero-order valence-electron chi connectivity index (χ0n) is 20.3. The van der Waals surface area contributed by atoms with E-state index in [4.69, 9.17) is 10.5 Å². The molecule has 0 atom stereocenters. The van der Waals surface area contributed by atoms with E-state index in [1.165, 1.54) is 36.7 Å². The van der Waals surface area contributed by atoms with Gasteiger partial charge in [0.05, 0.1) is 18.0 Å². The van der Waals surface area contributed by atoms with Crippen LogP contribution in [0.3, 0.4) is 0 Å². The summed E-state index contributed by atoms with van der Waals surface area (Å²) in [5, 5.41) is 9.46. The minimum absolute atomic E-state index is 0.00221. The van der Waals surface area contributed by atoms with Crippen LogP contribution < -0.4 is 16.4 Å². The number of amides is 2. The summed E-state index contributed by atoms with van der Waals surface area (Å²) in [5.74, 6) is -0.712. The Morgan fingerprint density at radius 1 is 1.08 bits per heavy atom. The number of carbonyl (C=O) groups is 1. The van der Waals surface area contributed by atoms with Crippen molar-refractivity contribution in [2.24, 2.45) is 0 Å². The number of urea groups is 1. The number of fused-ring (bicyclic) bond motifs is 1. The van der Waals surface area contributed by atoms with Gasteiger partial charge in [-0.15, -0.1) is 0 Å². The topological polar surface area (TPSA) is 110 Å². The molecule has 9 nitrogen and oxygen atoms in total. The zero-order valence-corrected chi connectivity index (χ0v) is 20.3. The number of nitrogens with one attached hydrogen (secondary N) is 2. The van der Waals surface area contributed by atoms with E-state index in [1.54, 1.807) is 17.5 Å². The van der Waals surface area contributed by atoms with Crippen molar-refractivity contribution in [3.63, 3.8) is 0 Å². The normalized spacial score (nSPS) is 14.5. The van der Waals surface area contributed by atoms with E-state index in [9.17, 15) is 9.18 Å². The molecule has 5 rings (SSSR count). The molecule has 1 aliphatic heterocycles. The third-order valence-electron chi connectivity index (χ3n) is 6.30. The number of nitrogens with zero attached hydrogens (tertiary/aromatic N) is 4. The Morgan fingerprint density at radius 3 is 2.76 bits per heavy atom. The maximum Gasteiger partial charge on any atom is 0.323 e. The van der Waals surface area contributed by atoms with Crippen molar-refractivity contribution >= 4 is 28.7 Å². The minimum Gasteiger partial charge on any atom is -0.382 e. The van der Waals surface area contributed by atoms with Crippen molar-refractivity contribution in [1.82, 2.24) is 19.5 Å². The van der Waals surface area contributed by atoms with Gasteiger partial charge in [0.2, 0.25) is 0 Å². The standard InChI is InChI=1S/C26H27F2N7O2/c1-16-11-18(4-5-21(16)27)32-26(36)33-23-6-3-17(12-22(23)28)20-13-19(14-34-7-2-9-37-10-8-34)35-24(20)25(29)30-15-31-35/h3-6,11-13,15H,2,7-10,14H2,1H3,(H2,29,30,31)(H2,32,33,36). The third kappa shape index (κ3) is 5.37. The van der Waals surface area contributed by atoms with Crippen LogP contribution in [0.4, 0.5) is 30.8 Å². The molecule has 4 aromatic rings. The van der Waals surface area contributed by atoms with Gasteiger partial charge in [0.25, 0.3) is 0 Å². The van der Waals surface area contributed by atoms with Gasteiger partial charge < -0.3 is 21.1 Å². The minimum atomic E-state index is -0.645. The summed E-state index contributed by atoms with van der Waals surface area (Å²) in [7, 11) is 0. The van der Waals surface area contributed by atoms with Crippen molar-refractivity contribution in [3.05, 3.63) is 71.7 Å². The van der Waals surface area contributed by atoms with Crippen LogP contribution in [-0.4, -0.2) is 51.8 Å². The van der Waals surface area contributed by atoms with Crippen LogP contribution in [0.5, 0.6) is 0 Å². The van der Waals surface area contributed by atoms with E-state index in [0.29, 0.717) is 41.0 Å². The molecule has 1 aliphatic rings. The second-order valence-electron chi connectivity index (χ2n) is 8.93. The quantitative estimate of drug-likeness (QED) is 0.369. The third-order valence-corrected chi connectivity index (χ3v) is 6.30. The van der Waals surface area contributed by atoms with Crippen molar-refractivity contribution < 1.29 is 18.3 Å². The lowest BCUT2D eigenvalue weighted by Gasteiger charge is -2.18. The molecule has 0 spiro atoms. The van der Waals surface area contributed by atoms with Crippen molar-refractivity contribution in [3.8, 4) is 11.1 Å². The fraction of sp³-hybridized carbons (Fsp3) is 0.269. The van der Waals surface area contributed by atoms with Gasteiger partial charge in [-0.1, -0.05) is 6.07 Å². The monoisotopic (exact) mass is 507 g/mol. The zero-order chi connectivity index (χ0) is 25.9. The first-order valence-corrected chi connectivity index (χ1v) is 11.9. The van der Waals surface area contributed by atoms with E-state index in [-0.39, 0.29) is 17.3 Å². The molecule has 2 aromatic heterocycles. The van der Waals surface area contributed by atoms with E-state index in [2.05, 4.69) is 25.6 Å². The highest BCUT2D eigenvalue weighted by molar-refractivity contribution is 6.00. The van der Waals surface area contributed by atoms with Crippen LogP contribution in [-0.2, 0) is 11.3 Å². The van der Waals surface area contributed by atoms with Crippen LogP contribution >= 0.6 is 0 Å². The summed E-state index contributed by atoms with van der Waals surface area (Å²) in [6, 6.07) is 10.0. The summed E-state index contributed by atoms with van der Waals surface area (Å²) in [6.07, 6.45) is 2.34. The molecule has 1 fully saturated rings. The average Bonchev–Trinajstić information content (AvgIpc) is 3.04. The molecule has 3 heterocycles. The van der Waals surface area contributed by atoms with E-state index in [1.807, 2.05) is 6.07 Å². The number of ether oxygens (including phenoxy) is 1. The second kappa shape index (κ2) is 10.5. The molecule has 37 heavy (non-hydrogen) atoms. The first kappa shape index (κ1) is 24.6. The highest BCUT2D eigenvalue weighted by Gasteiger charge is 2.19. The van der Waals surface area contributed by atoms with Crippen LogP contribution in [0, 0.1) is 18.6 Å². The number of anilines is 3. The summed E-state index contributed by atoms with van der Waals surface area (Å²) in [5.41, 5.74) is 9.74. The number of carbonyl (C=O) groups excluding carboxylic acids is 1. The second-order valence-corrected chi connectivity index (χ2v) is 8.93. The number of nitrogens with two attached hydrogens (primary N) is 1. The Kier molecular flexibility index (Phi) is 6.97. The Balaban J connectivity index is 1.39. The van der Waals surface area contributed by atoms with Crippen LogP contribution in [0.1, 0.15) is 17.7 Å². The molecule has 0 saturated carbocycles. The number of aryl methyl sites for hydroxylation is 1. The number of benzene rings is 2. The van der Waals surface area contributed by atoms with Crippen LogP contribution in [0.25, 0.3) is 16.6 Å². The number of nitrogen functional groups attached to an aromatic ring is 1. The van der Waals surface area contributed by atoms with E-state index in [0.717, 1.165) is 31.8 Å². The predicted molar refractivity (Wildman–Crippen MR) is 137 cm³/mol. The molecular formula is C26H27F2N7O2. The highest BCUT2D eigenvalue weighted by Crippen LogP contribution is 2.33. The molecule has 2 aromatic carbocycles. The SMILES string of the molecule is Cc1cc(NC(=O)Nc2ccc(-c3cc(CN4CCCOCC4)n4ncnc(N)c34)cc2F)ccc1F.